The Balaban J connectivity index is 2.12. The van der Waals surface area contributed by atoms with Crippen molar-refractivity contribution in [2.75, 3.05) is 24.5 Å². The molecule has 21 heavy (non-hydrogen) atoms. The normalized spacial score (nSPS) is 24.1. The summed E-state index contributed by atoms with van der Waals surface area (Å²) in [5.74, 6) is 0. The Labute approximate surface area is 133 Å². The van der Waals surface area contributed by atoms with E-state index in [1.807, 2.05) is 13.0 Å². The summed E-state index contributed by atoms with van der Waals surface area (Å²) in [5.41, 5.74) is 1.63. The number of β-amino-alcohol motifs (C(OH)–C–C–N with tert-alkyl or cyclic N) is 1. The van der Waals surface area contributed by atoms with E-state index in [1.165, 1.54) is 5.56 Å². The van der Waals surface area contributed by atoms with Gasteiger partial charge in [-0.2, -0.15) is 0 Å². The third kappa shape index (κ3) is 4.35. The molecule has 2 atom stereocenters. The molecule has 1 fully saturated rings. The summed E-state index contributed by atoms with van der Waals surface area (Å²) < 4.78 is 0. The van der Waals surface area contributed by atoms with Crippen LogP contribution in [0.25, 0.3) is 0 Å². The number of piperidine rings is 1. The summed E-state index contributed by atoms with van der Waals surface area (Å²) in [7, 11) is 0. The lowest BCUT2D eigenvalue weighted by Gasteiger charge is -2.38. The molecule has 2 rings (SSSR count). The number of benzene rings is 1. The molecule has 0 aliphatic carbocycles. The van der Waals surface area contributed by atoms with Crippen molar-refractivity contribution in [1.29, 1.82) is 0 Å². The van der Waals surface area contributed by atoms with Gasteiger partial charge < -0.3 is 15.3 Å². The summed E-state index contributed by atoms with van der Waals surface area (Å²) in [6.45, 7) is 8.84. The third-order valence-corrected chi connectivity index (χ3v) is 4.49. The van der Waals surface area contributed by atoms with Crippen LogP contribution in [0.4, 0.5) is 5.69 Å². The Morgan fingerprint density at radius 1 is 1.48 bits per heavy atom. The van der Waals surface area contributed by atoms with Crippen molar-refractivity contribution in [3.63, 3.8) is 0 Å². The number of hydrogen-bond acceptors (Lipinski definition) is 3. The van der Waals surface area contributed by atoms with Gasteiger partial charge in [0, 0.05) is 19.1 Å². The molecule has 0 saturated carbocycles. The van der Waals surface area contributed by atoms with Crippen LogP contribution in [0.3, 0.4) is 0 Å². The first kappa shape index (κ1) is 16.6. The van der Waals surface area contributed by atoms with Gasteiger partial charge in [-0.3, -0.25) is 0 Å². The highest BCUT2D eigenvalue weighted by Crippen LogP contribution is 2.32. The van der Waals surface area contributed by atoms with E-state index in [0.29, 0.717) is 12.6 Å². The zero-order chi connectivity index (χ0) is 15.5. The van der Waals surface area contributed by atoms with E-state index in [9.17, 15) is 5.11 Å². The highest BCUT2D eigenvalue weighted by molar-refractivity contribution is 6.33. The SMILES string of the molecule is CCCNC(C)c1ccc(N2CCCC(C)(O)C2)c(Cl)c1. The van der Waals surface area contributed by atoms with E-state index in [1.54, 1.807) is 0 Å². The van der Waals surface area contributed by atoms with Crippen molar-refractivity contribution in [3.05, 3.63) is 28.8 Å². The number of halogens is 1. The molecule has 2 N–H and O–H groups in total. The molecule has 0 radical (unpaired) electrons. The van der Waals surface area contributed by atoms with Gasteiger partial charge in [-0.05, 0) is 57.4 Å². The molecule has 1 aliphatic heterocycles. The minimum atomic E-state index is -0.615. The minimum absolute atomic E-state index is 0.306. The van der Waals surface area contributed by atoms with Crippen molar-refractivity contribution in [3.8, 4) is 0 Å². The molecule has 1 aliphatic rings. The smallest absolute Gasteiger partial charge is 0.0794 e. The first-order valence-corrected chi connectivity index (χ1v) is 8.31. The number of anilines is 1. The van der Waals surface area contributed by atoms with Gasteiger partial charge in [0.25, 0.3) is 0 Å². The standard InChI is InChI=1S/C17H27ClN2O/c1-4-9-19-13(2)14-6-7-16(15(18)11-14)20-10-5-8-17(3,21)12-20/h6-7,11,13,19,21H,4-5,8-10,12H2,1-3H3. The van der Waals surface area contributed by atoms with Crippen LogP contribution in [0.1, 0.15) is 51.6 Å². The van der Waals surface area contributed by atoms with Gasteiger partial charge in [-0.25, -0.2) is 0 Å². The maximum Gasteiger partial charge on any atom is 0.0794 e. The van der Waals surface area contributed by atoms with Crippen LogP contribution in [0.2, 0.25) is 5.02 Å². The molecule has 0 aromatic heterocycles. The molecule has 1 saturated heterocycles. The predicted octanol–water partition coefficient (Wildman–Crippen LogP) is 3.75. The van der Waals surface area contributed by atoms with Gasteiger partial charge in [-0.15, -0.1) is 0 Å². The van der Waals surface area contributed by atoms with Gasteiger partial charge in [0.2, 0.25) is 0 Å². The first-order valence-electron chi connectivity index (χ1n) is 7.93. The first-order chi connectivity index (χ1) is 9.93. The van der Waals surface area contributed by atoms with Gasteiger partial charge in [-0.1, -0.05) is 24.6 Å². The summed E-state index contributed by atoms with van der Waals surface area (Å²) in [6.07, 6.45) is 2.98. The molecule has 4 heteroatoms. The Hall–Kier alpha value is -0.770. The highest BCUT2D eigenvalue weighted by Gasteiger charge is 2.29. The Bertz CT molecular complexity index is 476. The van der Waals surface area contributed by atoms with Crippen molar-refractivity contribution in [2.45, 2.75) is 51.7 Å². The van der Waals surface area contributed by atoms with E-state index in [-0.39, 0.29) is 0 Å². The van der Waals surface area contributed by atoms with Crippen LogP contribution < -0.4 is 10.2 Å². The minimum Gasteiger partial charge on any atom is -0.388 e. The second kappa shape index (κ2) is 6.99. The zero-order valence-electron chi connectivity index (χ0n) is 13.3. The van der Waals surface area contributed by atoms with Crippen molar-refractivity contribution in [1.82, 2.24) is 5.32 Å². The predicted molar refractivity (Wildman–Crippen MR) is 90.2 cm³/mol. The van der Waals surface area contributed by atoms with Crippen LogP contribution in [-0.4, -0.2) is 30.3 Å². The summed E-state index contributed by atoms with van der Waals surface area (Å²) in [5, 5.41) is 14.5. The molecule has 0 spiro atoms. The topological polar surface area (TPSA) is 35.5 Å². The zero-order valence-corrected chi connectivity index (χ0v) is 14.1. The van der Waals surface area contributed by atoms with Crippen LogP contribution in [0.5, 0.6) is 0 Å². The van der Waals surface area contributed by atoms with Gasteiger partial charge in [0.15, 0.2) is 0 Å². The molecule has 1 heterocycles. The quantitative estimate of drug-likeness (QED) is 0.869. The largest absolute Gasteiger partial charge is 0.388 e. The van der Waals surface area contributed by atoms with E-state index < -0.39 is 5.60 Å². The second-order valence-corrected chi connectivity index (χ2v) is 6.82. The second-order valence-electron chi connectivity index (χ2n) is 6.41. The molecule has 1 aromatic carbocycles. The van der Waals surface area contributed by atoms with E-state index in [0.717, 1.165) is 43.1 Å². The Morgan fingerprint density at radius 2 is 2.24 bits per heavy atom. The lowest BCUT2D eigenvalue weighted by atomic mass is 9.94. The number of aliphatic hydroxyl groups is 1. The van der Waals surface area contributed by atoms with Gasteiger partial charge in [0.1, 0.15) is 0 Å². The fourth-order valence-corrected chi connectivity index (χ4v) is 3.26. The Kier molecular flexibility index (Phi) is 5.53. The van der Waals surface area contributed by atoms with Crippen LogP contribution >= 0.6 is 11.6 Å². The molecular formula is C17H27ClN2O. The molecule has 3 nitrogen and oxygen atoms in total. The highest BCUT2D eigenvalue weighted by atomic mass is 35.5. The van der Waals surface area contributed by atoms with Crippen LogP contribution in [0.15, 0.2) is 18.2 Å². The monoisotopic (exact) mass is 310 g/mol. The fraction of sp³-hybridized carbons (Fsp3) is 0.647. The number of nitrogens with zero attached hydrogens (tertiary/aromatic N) is 1. The molecule has 1 aromatic rings. The van der Waals surface area contributed by atoms with E-state index in [4.69, 9.17) is 11.6 Å². The lowest BCUT2D eigenvalue weighted by molar-refractivity contribution is 0.0449. The fourth-order valence-electron chi connectivity index (χ4n) is 2.95. The van der Waals surface area contributed by atoms with Crippen LogP contribution in [-0.2, 0) is 0 Å². The average molecular weight is 311 g/mol. The van der Waals surface area contributed by atoms with Crippen LogP contribution in [0, 0.1) is 0 Å². The van der Waals surface area contributed by atoms with E-state index in [2.05, 4.69) is 36.2 Å². The van der Waals surface area contributed by atoms with Crippen molar-refractivity contribution in [2.24, 2.45) is 0 Å². The molecule has 0 bridgehead atoms. The average Bonchev–Trinajstić information content (AvgIpc) is 2.43. The van der Waals surface area contributed by atoms with Gasteiger partial charge in [0.05, 0.1) is 16.3 Å². The molecule has 118 valence electrons. The molecule has 0 amide bonds. The maximum absolute atomic E-state index is 10.2. The molecular weight excluding hydrogens is 284 g/mol. The van der Waals surface area contributed by atoms with Crippen molar-refractivity contribution < 1.29 is 5.11 Å². The number of hydrogen-bond donors (Lipinski definition) is 2. The molecule has 2 unspecified atom stereocenters. The summed E-state index contributed by atoms with van der Waals surface area (Å²) >= 11 is 6.48. The number of rotatable bonds is 5. The third-order valence-electron chi connectivity index (χ3n) is 4.19. The summed E-state index contributed by atoms with van der Waals surface area (Å²) in [4.78, 5) is 2.19. The van der Waals surface area contributed by atoms with E-state index >= 15 is 0 Å². The van der Waals surface area contributed by atoms with Gasteiger partial charge >= 0.3 is 0 Å². The lowest BCUT2D eigenvalue weighted by Crippen LogP contribution is -2.46. The van der Waals surface area contributed by atoms with Crippen molar-refractivity contribution >= 4 is 17.3 Å². The number of nitrogens with one attached hydrogen (secondary N) is 1. The summed E-state index contributed by atoms with van der Waals surface area (Å²) in [6, 6.07) is 6.58. The Morgan fingerprint density at radius 3 is 2.86 bits per heavy atom. The maximum atomic E-state index is 10.2.